The molecule has 0 aliphatic carbocycles. The molecule has 0 aromatic carbocycles. The Kier molecular flexibility index (Phi) is 13.8. The fourth-order valence-corrected chi connectivity index (χ4v) is 2.03. The molecule has 0 aromatic heterocycles. The molecule has 0 amide bonds. The molecule has 0 rings (SSSR count). The second-order valence-corrected chi connectivity index (χ2v) is 5.29. The normalized spacial score (nSPS) is 12.5. The van der Waals surface area contributed by atoms with Crippen molar-refractivity contribution in [1.29, 1.82) is 0 Å². The fourth-order valence-electron chi connectivity index (χ4n) is 2.03. The number of aliphatic hydroxyl groups excluding tert-OH is 1. The Bertz CT molecular complexity index is 340. The van der Waals surface area contributed by atoms with Gasteiger partial charge in [-0.3, -0.25) is 0 Å². The molecule has 0 bridgehead atoms. The Morgan fingerprint density at radius 2 is 1.38 bits per heavy atom. The average molecular weight is 294 g/mol. The van der Waals surface area contributed by atoms with Gasteiger partial charge in [0.25, 0.3) is 0 Å². The molecule has 3 nitrogen and oxygen atoms in total. The van der Waals surface area contributed by atoms with E-state index >= 15 is 0 Å². The number of hydrogen-bond donors (Lipinski definition) is 2. The largest absolute Gasteiger partial charge is 0.502 e. The highest BCUT2D eigenvalue weighted by Crippen LogP contribution is 2.10. The number of unbranched alkanes of at least 4 members (excludes halogenated alkanes) is 9. The summed E-state index contributed by atoms with van der Waals surface area (Å²) in [6.07, 6.45) is 21.4. The van der Waals surface area contributed by atoms with Crippen LogP contribution in [0.15, 0.2) is 36.1 Å². The maximum absolute atomic E-state index is 10.3. The number of aliphatic carboxylic acids is 1. The van der Waals surface area contributed by atoms with E-state index < -0.39 is 11.7 Å². The van der Waals surface area contributed by atoms with Crippen LogP contribution in [0.25, 0.3) is 0 Å². The van der Waals surface area contributed by atoms with Crippen molar-refractivity contribution in [2.45, 2.75) is 71.1 Å². The van der Waals surface area contributed by atoms with Gasteiger partial charge in [0.05, 0.1) is 0 Å². The van der Waals surface area contributed by atoms with Gasteiger partial charge in [-0.2, -0.15) is 0 Å². The minimum atomic E-state index is -1.31. The van der Waals surface area contributed by atoms with Crippen molar-refractivity contribution in [1.82, 2.24) is 0 Å². The lowest BCUT2D eigenvalue weighted by Crippen LogP contribution is -1.97. The topological polar surface area (TPSA) is 57.5 Å². The lowest BCUT2D eigenvalue weighted by Gasteiger charge is -2.00. The Hall–Kier alpha value is -1.51. The molecule has 0 aliphatic heterocycles. The number of carbonyl (C=O) groups is 1. The first kappa shape index (κ1) is 19.5. The summed E-state index contributed by atoms with van der Waals surface area (Å²) >= 11 is 0. The highest BCUT2D eigenvalue weighted by molar-refractivity contribution is 5.83. The minimum Gasteiger partial charge on any atom is -0.502 e. The maximum atomic E-state index is 10.3. The molecule has 0 heterocycles. The number of carboxylic acids is 1. The molecule has 0 radical (unpaired) electrons. The third-order valence-corrected chi connectivity index (χ3v) is 3.31. The van der Waals surface area contributed by atoms with Gasteiger partial charge in [-0.1, -0.05) is 82.6 Å². The van der Waals surface area contributed by atoms with Crippen molar-refractivity contribution < 1.29 is 15.0 Å². The van der Waals surface area contributed by atoms with E-state index in [2.05, 4.69) is 13.0 Å². The van der Waals surface area contributed by atoms with Crippen molar-refractivity contribution in [3.8, 4) is 0 Å². The van der Waals surface area contributed by atoms with Gasteiger partial charge in [0.15, 0.2) is 0 Å². The standard InChI is InChI=1S/C18H30O3/c1-2-3-4-5-6-7-8-9-10-11-12-13-14-15-16-17(19)18(20)21/h12-16,19H,2-11H2,1H3,(H,20,21)/b13-12?,15-14-,17-16?. The zero-order chi connectivity index (χ0) is 15.8. The third kappa shape index (κ3) is 14.7. The summed E-state index contributed by atoms with van der Waals surface area (Å²) in [4.78, 5) is 10.3. The summed E-state index contributed by atoms with van der Waals surface area (Å²) in [6.45, 7) is 2.24. The number of rotatable bonds is 13. The van der Waals surface area contributed by atoms with E-state index in [0.29, 0.717) is 0 Å². The van der Waals surface area contributed by atoms with Crippen LogP contribution < -0.4 is 0 Å². The third-order valence-electron chi connectivity index (χ3n) is 3.31. The van der Waals surface area contributed by atoms with Crippen LogP contribution in [0.2, 0.25) is 0 Å². The molecule has 0 aliphatic rings. The fraction of sp³-hybridized carbons (Fsp3) is 0.611. The highest BCUT2D eigenvalue weighted by Gasteiger charge is 1.99. The summed E-state index contributed by atoms with van der Waals surface area (Å²) in [7, 11) is 0. The van der Waals surface area contributed by atoms with Crippen LogP contribution in [0.5, 0.6) is 0 Å². The van der Waals surface area contributed by atoms with E-state index in [-0.39, 0.29) is 0 Å². The molecule has 0 atom stereocenters. The summed E-state index contributed by atoms with van der Waals surface area (Å²) in [5.74, 6) is -1.95. The Morgan fingerprint density at radius 3 is 1.95 bits per heavy atom. The SMILES string of the molecule is CCCCCCCCCCCC=C/C=C\C=C(O)C(=O)O. The van der Waals surface area contributed by atoms with Crippen LogP contribution in [-0.4, -0.2) is 16.2 Å². The van der Waals surface area contributed by atoms with Gasteiger partial charge in [-0.05, 0) is 18.9 Å². The van der Waals surface area contributed by atoms with E-state index in [4.69, 9.17) is 10.2 Å². The molecule has 0 aromatic rings. The van der Waals surface area contributed by atoms with Crippen molar-refractivity contribution >= 4 is 5.97 Å². The number of carboxylic acid groups (broad SMARTS) is 1. The minimum absolute atomic E-state index is 0.640. The molecular formula is C18H30O3. The second kappa shape index (κ2) is 14.9. The summed E-state index contributed by atoms with van der Waals surface area (Å²) < 4.78 is 0. The van der Waals surface area contributed by atoms with Crippen LogP contribution in [0.3, 0.4) is 0 Å². The Labute approximate surface area is 129 Å². The molecule has 0 saturated carbocycles. The van der Waals surface area contributed by atoms with E-state index in [0.717, 1.165) is 6.42 Å². The molecule has 2 N–H and O–H groups in total. The van der Waals surface area contributed by atoms with Gasteiger partial charge in [0.1, 0.15) is 0 Å². The first-order valence-corrected chi connectivity index (χ1v) is 8.14. The van der Waals surface area contributed by atoms with Crippen LogP contribution in [-0.2, 0) is 4.79 Å². The van der Waals surface area contributed by atoms with Gasteiger partial charge in [-0.15, -0.1) is 0 Å². The quantitative estimate of drug-likeness (QED) is 0.203. The first-order chi connectivity index (χ1) is 10.2. The molecule has 3 heteroatoms. The lowest BCUT2D eigenvalue weighted by atomic mass is 10.1. The lowest BCUT2D eigenvalue weighted by molar-refractivity contribution is -0.135. The van der Waals surface area contributed by atoms with Gasteiger partial charge in [0, 0.05) is 0 Å². The molecule has 0 fully saturated rings. The molecule has 0 spiro atoms. The smallest absolute Gasteiger partial charge is 0.370 e. The molecule has 0 unspecified atom stereocenters. The van der Waals surface area contributed by atoms with E-state index in [1.807, 2.05) is 6.08 Å². The number of aliphatic hydroxyl groups is 1. The van der Waals surface area contributed by atoms with Crippen LogP contribution in [0.1, 0.15) is 71.1 Å². The maximum Gasteiger partial charge on any atom is 0.370 e. The number of allylic oxidation sites excluding steroid dienone is 5. The molecular weight excluding hydrogens is 264 g/mol. The van der Waals surface area contributed by atoms with E-state index in [9.17, 15) is 4.79 Å². The molecule has 21 heavy (non-hydrogen) atoms. The highest BCUT2D eigenvalue weighted by atomic mass is 16.4. The van der Waals surface area contributed by atoms with Crippen molar-refractivity contribution in [2.24, 2.45) is 0 Å². The zero-order valence-corrected chi connectivity index (χ0v) is 13.3. The Balaban J connectivity index is 3.39. The van der Waals surface area contributed by atoms with Crippen LogP contribution in [0, 0.1) is 0 Å². The molecule has 120 valence electrons. The average Bonchev–Trinajstić information content (AvgIpc) is 2.47. The predicted molar refractivity (Wildman–Crippen MR) is 88.5 cm³/mol. The zero-order valence-electron chi connectivity index (χ0n) is 13.3. The first-order valence-electron chi connectivity index (χ1n) is 8.14. The summed E-state index contributed by atoms with van der Waals surface area (Å²) in [6, 6.07) is 0. The van der Waals surface area contributed by atoms with Crippen molar-refractivity contribution in [3.63, 3.8) is 0 Å². The monoisotopic (exact) mass is 294 g/mol. The number of hydrogen-bond acceptors (Lipinski definition) is 2. The van der Waals surface area contributed by atoms with E-state index in [1.54, 1.807) is 6.08 Å². The summed E-state index contributed by atoms with van der Waals surface area (Å²) in [5.41, 5.74) is 0. The predicted octanol–water partition coefficient (Wildman–Crippen LogP) is 5.55. The van der Waals surface area contributed by atoms with Gasteiger partial charge < -0.3 is 10.2 Å². The van der Waals surface area contributed by atoms with E-state index in [1.165, 1.54) is 69.9 Å². The second-order valence-electron chi connectivity index (χ2n) is 5.29. The van der Waals surface area contributed by atoms with Gasteiger partial charge in [0.2, 0.25) is 5.76 Å². The van der Waals surface area contributed by atoms with Crippen LogP contribution >= 0.6 is 0 Å². The summed E-state index contributed by atoms with van der Waals surface area (Å²) in [5, 5.41) is 17.3. The van der Waals surface area contributed by atoms with Crippen LogP contribution in [0.4, 0.5) is 0 Å². The van der Waals surface area contributed by atoms with Crippen molar-refractivity contribution in [2.75, 3.05) is 0 Å². The van der Waals surface area contributed by atoms with Gasteiger partial charge >= 0.3 is 5.97 Å². The van der Waals surface area contributed by atoms with Gasteiger partial charge in [-0.25, -0.2) is 4.79 Å². The van der Waals surface area contributed by atoms with Crippen molar-refractivity contribution in [3.05, 3.63) is 36.1 Å². The Morgan fingerprint density at radius 1 is 0.810 bits per heavy atom. The molecule has 0 saturated heterocycles.